The number of aromatic nitrogens is 4. The standard InChI is InChI=1S/C25H26FN5O5/c1-24(33)18-13-16(34-11-10-32)3-4-17(18)25(35-24)8-6-15(7-9-25)31-20-5-2-14(26)12-19(20)28-23(31)21-22(27)30-36-29-21/h2-5,12-13,15,32-33H,6-11H2,1H3,(H2,27,30). The quantitative estimate of drug-likeness (QED) is 0.380. The van der Waals surface area contributed by atoms with Crippen LogP contribution in [0.5, 0.6) is 5.75 Å². The van der Waals surface area contributed by atoms with Gasteiger partial charge in [0.25, 0.3) is 0 Å². The molecule has 188 valence electrons. The molecule has 2 aromatic carbocycles. The van der Waals surface area contributed by atoms with Gasteiger partial charge < -0.3 is 30.0 Å². The van der Waals surface area contributed by atoms with Crippen LogP contribution in [0.25, 0.3) is 22.6 Å². The summed E-state index contributed by atoms with van der Waals surface area (Å²) < 4.78 is 32.7. The maximum Gasteiger partial charge on any atom is 0.199 e. The van der Waals surface area contributed by atoms with Crippen LogP contribution in [0.15, 0.2) is 41.0 Å². The molecule has 1 aliphatic heterocycles. The topological polar surface area (TPSA) is 142 Å². The molecule has 1 fully saturated rings. The second-order valence-electron chi connectivity index (χ2n) is 9.53. The van der Waals surface area contributed by atoms with Crippen LogP contribution in [0, 0.1) is 5.82 Å². The van der Waals surface area contributed by atoms with Crippen molar-refractivity contribution in [3.63, 3.8) is 0 Å². The number of hydrogen-bond donors (Lipinski definition) is 3. The van der Waals surface area contributed by atoms with Crippen molar-refractivity contribution in [1.82, 2.24) is 19.9 Å². The van der Waals surface area contributed by atoms with Crippen LogP contribution in [0.3, 0.4) is 0 Å². The monoisotopic (exact) mass is 495 g/mol. The Morgan fingerprint density at radius 3 is 2.69 bits per heavy atom. The summed E-state index contributed by atoms with van der Waals surface area (Å²) in [5, 5.41) is 27.8. The summed E-state index contributed by atoms with van der Waals surface area (Å²) in [6.07, 6.45) is 2.70. The summed E-state index contributed by atoms with van der Waals surface area (Å²) in [6.45, 7) is 1.72. The van der Waals surface area contributed by atoms with Crippen molar-refractivity contribution in [2.24, 2.45) is 0 Å². The number of ether oxygens (including phenoxy) is 2. The predicted octanol–water partition coefficient (Wildman–Crippen LogP) is 3.38. The van der Waals surface area contributed by atoms with E-state index in [0.29, 0.717) is 54.0 Å². The highest BCUT2D eigenvalue weighted by Gasteiger charge is 2.52. The summed E-state index contributed by atoms with van der Waals surface area (Å²) in [5.74, 6) is -0.694. The van der Waals surface area contributed by atoms with Gasteiger partial charge in [-0.1, -0.05) is 6.07 Å². The molecule has 4 N–H and O–H groups in total. The molecular formula is C25H26FN5O5. The van der Waals surface area contributed by atoms with Gasteiger partial charge in [0.15, 0.2) is 23.1 Å². The summed E-state index contributed by atoms with van der Waals surface area (Å²) in [4.78, 5) is 4.61. The molecule has 10 nitrogen and oxygen atoms in total. The molecule has 36 heavy (non-hydrogen) atoms. The molecule has 1 spiro atoms. The third-order valence-electron chi connectivity index (χ3n) is 7.24. The van der Waals surface area contributed by atoms with Gasteiger partial charge in [-0.3, -0.25) is 0 Å². The van der Waals surface area contributed by atoms with Crippen LogP contribution >= 0.6 is 0 Å². The molecule has 0 radical (unpaired) electrons. The van der Waals surface area contributed by atoms with E-state index in [2.05, 4.69) is 15.3 Å². The number of aliphatic hydroxyl groups is 2. The first-order valence-corrected chi connectivity index (χ1v) is 11.9. The van der Waals surface area contributed by atoms with E-state index >= 15 is 0 Å². The number of nitrogens with zero attached hydrogens (tertiary/aromatic N) is 4. The lowest BCUT2D eigenvalue weighted by Crippen LogP contribution is -2.35. The SMILES string of the molecule is CC1(O)OC2(CCC(n3c(-c4nonc4N)nc4cc(F)ccc43)CC2)c2ccc(OCCO)cc21. The van der Waals surface area contributed by atoms with Crippen LogP contribution in [0.4, 0.5) is 10.2 Å². The Bertz CT molecular complexity index is 1440. The fourth-order valence-electron chi connectivity index (χ4n) is 5.71. The van der Waals surface area contributed by atoms with Gasteiger partial charge >= 0.3 is 0 Å². The summed E-state index contributed by atoms with van der Waals surface area (Å²) in [6, 6.07) is 10.0. The molecule has 4 aromatic rings. The fourth-order valence-corrected chi connectivity index (χ4v) is 5.71. The first-order chi connectivity index (χ1) is 17.3. The highest BCUT2D eigenvalue weighted by atomic mass is 19.1. The zero-order valence-electron chi connectivity index (χ0n) is 19.6. The molecule has 2 aliphatic rings. The van der Waals surface area contributed by atoms with Gasteiger partial charge in [0, 0.05) is 17.7 Å². The highest BCUT2D eigenvalue weighted by Crippen LogP contribution is 2.55. The second-order valence-corrected chi connectivity index (χ2v) is 9.53. The number of anilines is 1. The Hall–Kier alpha value is -3.54. The Balaban J connectivity index is 1.35. The number of nitrogen functional groups attached to an aromatic ring is 1. The molecule has 0 saturated heterocycles. The molecule has 3 heterocycles. The molecule has 1 unspecified atom stereocenters. The number of aliphatic hydroxyl groups excluding tert-OH is 1. The van der Waals surface area contributed by atoms with Crippen molar-refractivity contribution >= 4 is 16.9 Å². The van der Waals surface area contributed by atoms with Crippen LogP contribution in [-0.2, 0) is 16.1 Å². The molecule has 1 atom stereocenters. The smallest absolute Gasteiger partial charge is 0.199 e. The van der Waals surface area contributed by atoms with Crippen LogP contribution in [-0.4, -0.2) is 43.3 Å². The van der Waals surface area contributed by atoms with E-state index in [0.717, 1.165) is 11.1 Å². The van der Waals surface area contributed by atoms with Crippen molar-refractivity contribution in [3.8, 4) is 17.3 Å². The number of fused-ring (bicyclic) bond motifs is 3. The van der Waals surface area contributed by atoms with Crippen LogP contribution in [0.2, 0.25) is 0 Å². The number of imidazole rings is 1. The molecule has 0 amide bonds. The van der Waals surface area contributed by atoms with Gasteiger partial charge in [-0.15, -0.1) is 0 Å². The number of halogens is 1. The van der Waals surface area contributed by atoms with E-state index in [1.54, 1.807) is 19.1 Å². The lowest BCUT2D eigenvalue weighted by molar-refractivity contribution is -0.257. The minimum absolute atomic E-state index is 0.00180. The average Bonchev–Trinajstić information content (AvgIpc) is 3.50. The molecule has 1 saturated carbocycles. The molecule has 2 aromatic heterocycles. The summed E-state index contributed by atoms with van der Waals surface area (Å²) in [7, 11) is 0. The molecule has 11 heteroatoms. The molecular weight excluding hydrogens is 469 g/mol. The van der Waals surface area contributed by atoms with Crippen molar-refractivity contribution in [3.05, 3.63) is 53.3 Å². The van der Waals surface area contributed by atoms with Crippen molar-refractivity contribution in [2.75, 3.05) is 18.9 Å². The Morgan fingerprint density at radius 1 is 1.17 bits per heavy atom. The van der Waals surface area contributed by atoms with Gasteiger partial charge in [-0.05, 0) is 72.7 Å². The lowest BCUT2D eigenvalue weighted by atomic mass is 9.77. The lowest BCUT2D eigenvalue weighted by Gasteiger charge is -2.39. The first-order valence-electron chi connectivity index (χ1n) is 11.9. The number of rotatable bonds is 5. The minimum atomic E-state index is -1.47. The second kappa shape index (κ2) is 8.26. The number of benzene rings is 2. The Labute approximate surface area is 205 Å². The van der Waals surface area contributed by atoms with Crippen molar-refractivity contribution in [1.29, 1.82) is 0 Å². The van der Waals surface area contributed by atoms with Gasteiger partial charge in [0.05, 0.1) is 23.2 Å². The summed E-state index contributed by atoms with van der Waals surface area (Å²) >= 11 is 0. The Kier molecular flexibility index (Phi) is 5.25. The number of nitrogens with two attached hydrogens (primary N) is 1. The van der Waals surface area contributed by atoms with E-state index in [1.807, 2.05) is 16.7 Å². The third-order valence-corrected chi connectivity index (χ3v) is 7.24. The average molecular weight is 496 g/mol. The van der Waals surface area contributed by atoms with E-state index in [1.165, 1.54) is 12.1 Å². The maximum absolute atomic E-state index is 14.0. The first kappa shape index (κ1) is 22.9. The minimum Gasteiger partial charge on any atom is -0.491 e. The Morgan fingerprint density at radius 2 is 1.97 bits per heavy atom. The van der Waals surface area contributed by atoms with Crippen LogP contribution in [0.1, 0.15) is 49.8 Å². The van der Waals surface area contributed by atoms with E-state index in [-0.39, 0.29) is 30.9 Å². The van der Waals surface area contributed by atoms with Gasteiger partial charge in [0.1, 0.15) is 18.2 Å². The predicted molar refractivity (Wildman–Crippen MR) is 126 cm³/mol. The molecule has 0 bridgehead atoms. The van der Waals surface area contributed by atoms with Crippen molar-refractivity contribution in [2.45, 2.75) is 50.0 Å². The number of hydrogen-bond acceptors (Lipinski definition) is 9. The largest absolute Gasteiger partial charge is 0.491 e. The normalized spacial score (nSPS) is 25.5. The maximum atomic E-state index is 14.0. The third kappa shape index (κ3) is 3.54. The zero-order chi connectivity index (χ0) is 25.1. The fraction of sp³-hybridized carbons (Fsp3) is 0.400. The van der Waals surface area contributed by atoms with E-state index in [9.17, 15) is 9.50 Å². The zero-order valence-corrected chi connectivity index (χ0v) is 19.6. The van der Waals surface area contributed by atoms with Crippen molar-refractivity contribution < 1.29 is 28.7 Å². The van der Waals surface area contributed by atoms with Gasteiger partial charge in [0.2, 0.25) is 0 Å². The van der Waals surface area contributed by atoms with Gasteiger partial charge in [-0.25, -0.2) is 14.0 Å². The highest BCUT2D eigenvalue weighted by molar-refractivity contribution is 5.82. The van der Waals surface area contributed by atoms with Crippen LogP contribution < -0.4 is 10.5 Å². The summed E-state index contributed by atoms with van der Waals surface area (Å²) in [5.41, 5.74) is 8.50. The van der Waals surface area contributed by atoms with E-state index in [4.69, 9.17) is 24.9 Å². The van der Waals surface area contributed by atoms with Gasteiger partial charge in [-0.2, -0.15) is 0 Å². The molecule has 6 rings (SSSR count). The molecule has 1 aliphatic carbocycles. The van der Waals surface area contributed by atoms with E-state index < -0.39 is 11.4 Å².